The fourth-order valence-corrected chi connectivity index (χ4v) is 4.08. The quantitative estimate of drug-likeness (QED) is 0.806. The number of thiophene rings is 1. The standard InChI is InChI=1S/C18H22N2O3S/c21-16(9-10-19-18(22)14-7-3-11-23-14)20-17(13-5-1-2-6-13)15-8-4-12-24-15/h3-4,7-8,11-13,17H,1-2,5-6,9-10H2,(H,19,22)(H,20,21). The molecule has 0 aliphatic heterocycles. The SMILES string of the molecule is O=C(CCNC(=O)c1ccco1)NC(c1cccs1)C1CCCC1. The number of amides is 2. The molecule has 1 saturated carbocycles. The molecule has 0 radical (unpaired) electrons. The van der Waals surface area contributed by atoms with Crippen LogP contribution in [0, 0.1) is 5.92 Å². The van der Waals surface area contributed by atoms with Crippen LogP contribution < -0.4 is 10.6 Å². The molecule has 2 N–H and O–H groups in total. The first-order valence-electron chi connectivity index (χ1n) is 8.38. The molecule has 0 saturated heterocycles. The van der Waals surface area contributed by atoms with E-state index in [4.69, 9.17) is 4.42 Å². The van der Waals surface area contributed by atoms with Crippen LogP contribution in [0.5, 0.6) is 0 Å². The van der Waals surface area contributed by atoms with E-state index in [9.17, 15) is 9.59 Å². The summed E-state index contributed by atoms with van der Waals surface area (Å²) >= 11 is 1.69. The molecule has 1 fully saturated rings. The summed E-state index contributed by atoms with van der Waals surface area (Å²) in [5.74, 6) is 0.460. The van der Waals surface area contributed by atoms with Crippen molar-refractivity contribution < 1.29 is 14.0 Å². The minimum absolute atomic E-state index is 0.0277. The summed E-state index contributed by atoms with van der Waals surface area (Å²) in [6.45, 7) is 0.299. The molecule has 1 unspecified atom stereocenters. The summed E-state index contributed by atoms with van der Waals surface area (Å²) in [7, 11) is 0. The normalized spacial score (nSPS) is 16.0. The Labute approximate surface area is 145 Å². The van der Waals surface area contributed by atoms with E-state index < -0.39 is 0 Å². The number of nitrogens with one attached hydrogen (secondary N) is 2. The van der Waals surface area contributed by atoms with Gasteiger partial charge in [0, 0.05) is 17.8 Å². The maximum Gasteiger partial charge on any atom is 0.286 e. The lowest BCUT2D eigenvalue weighted by atomic mass is 9.96. The van der Waals surface area contributed by atoms with Crippen LogP contribution in [0.25, 0.3) is 0 Å². The number of carbonyl (C=O) groups excluding carboxylic acids is 2. The number of furan rings is 1. The zero-order valence-corrected chi connectivity index (χ0v) is 14.3. The van der Waals surface area contributed by atoms with Gasteiger partial charge >= 0.3 is 0 Å². The first-order valence-corrected chi connectivity index (χ1v) is 9.26. The van der Waals surface area contributed by atoms with E-state index in [1.54, 1.807) is 23.5 Å². The summed E-state index contributed by atoms with van der Waals surface area (Å²) in [5.41, 5.74) is 0. The van der Waals surface area contributed by atoms with Crippen LogP contribution in [0.3, 0.4) is 0 Å². The van der Waals surface area contributed by atoms with E-state index in [-0.39, 0.29) is 30.0 Å². The van der Waals surface area contributed by atoms with Crippen LogP contribution in [0.1, 0.15) is 53.6 Å². The van der Waals surface area contributed by atoms with Gasteiger partial charge in [-0.1, -0.05) is 18.9 Å². The Bertz CT molecular complexity index is 646. The molecule has 2 aromatic rings. The molecule has 0 aromatic carbocycles. The summed E-state index contributed by atoms with van der Waals surface area (Å²) in [6, 6.07) is 7.47. The Morgan fingerprint density at radius 3 is 2.75 bits per heavy atom. The van der Waals surface area contributed by atoms with Gasteiger partial charge in [-0.25, -0.2) is 0 Å². The van der Waals surface area contributed by atoms with Crippen LogP contribution in [-0.2, 0) is 4.79 Å². The summed E-state index contributed by atoms with van der Waals surface area (Å²) in [6.07, 6.45) is 6.52. The third kappa shape index (κ3) is 4.26. The maximum absolute atomic E-state index is 12.3. The van der Waals surface area contributed by atoms with E-state index in [1.807, 2.05) is 11.4 Å². The Kier molecular flexibility index (Phi) is 5.69. The molecular formula is C18H22N2O3S. The van der Waals surface area contributed by atoms with Crippen LogP contribution >= 0.6 is 11.3 Å². The molecule has 24 heavy (non-hydrogen) atoms. The van der Waals surface area contributed by atoms with Gasteiger partial charge in [0.2, 0.25) is 5.91 Å². The second-order valence-corrected chi connectivity index (χ2v) is 7.07. The molecule has 2 heterocycles. The second kappa shape index (κ2) is 8.15. The van der Waals surface area contributed by atoms with Crippen LogP contribution in [-0.4, -0.2) is 18.4 Å². The number of carbonyl (C=O) groups is 2. The third-order valence-electron chi connectivity index (χ3n) is 4.42. The minimum atomic E-state index is -0.293. The molecule has 1 aliphatic rings. The van der Waals surface area contributed by atoms with Gasteiger partial charge in [0.25, 0.3) is 5.91 Å². The molecule has 1 atom stereocenters. The lowest BCUT2D eigenvalue weighted by Gasteiger charge is -2.23. The van der Waals surface area contributed by atoms with Gasteiger partial charge in [0.1, 0.15) is 0 Å². The Morgan fingerprint density at radius 1 is 1.25 bits per heavy atom. The van der Waals surface area contributed by atoms with E-state index in [0.717, 1.165) is 12.8 Å². The molecular weight excluding hydrogens is 324 g/mol. The molecule has 3 rings (SSSR count). The first-order chi connectivity index (χ1) is 11.7. The average Bonchev–Trinajstić information content (AvgIpc) is 3.36. The largest absolute Gasteiger partial charge is 0.459 e. The number of hydrogen-bond donors (Lipinski definition) is 2. The van der Waals surface area contributed by atoms with E-state index in [2.05, 4.69) is 16.7 Å². The molecule has 128 valence electrons. The molecule has 0 bridgehead atoms. The minimum Gasteiger partial charge on any atom is -0.459 e. The Balaban J connectivity index is 1.49. The van der Waals surface area contributed by atoms with Gasteiger partial charge in [-0.05, 0) is 42.3 Å². The molecule has 0 spiro atoms. The Morgan fingerprint density at radius 2 is 2.08 bits per heavy atom. The Hall–Kier alpha value is -2.08. The third-order valence-corrected chi connectivity index (χ3v) is 5.38. The van der Waals surface area contributed by atoms with Crippen molar-refractivity contribution in [2.24, 2.45) is 5.92 Å². The molecule has 2 amide bonds. The molecule has 5 nitrogen and oxygen atoms in total. The van der Waals surface area contributed by atoms with Gasteiger partial charge in [0.05, 0.1) is 12.3 Å². The molecule has 2 aromatic heterocycles. The second-order valence-electron chi connectivity index (χ2n) is 6.09. The summed E-state index contributed by atoms with van der Waals surface area (Å²) in [5, 5.41) is 7.92. The fourth-order valence-electron chi connectivity index (χ4n) is 3.21. The van der Waals surface area contributed by atoms with Crippen molar-refractivity contribution in [2.75, 3.05) is 6.54 Å². The van der Waals surface area contributed by atoms with Crippen LogP contribution in [0.4, 0.5) is 0 Å². The molecule has 6 heteroatoms. The van der Waals surface area contributed by atoms with Crippen LogP contribution in [0.15, 0.2) is 40.3 Å². The lowest BCUT2D eigenvalue weighted by Crippen LogP contribution is -2.35. The smallest absolute Gasteiger partial charge is 0.286 e. The van der Waals surface area contributed by atoms with Crippen molar-refractivity contribution >= 4 is 23.2 Å². The maximum atomic E-state index is 12.3. The first kappa shape index (κ1) is 16.8. The number of rotatable bonds is 7. The highest BCUT2D eigenvalue weighted by Crippen LogP contribution is 2.37. The van der Waals surface area contributed by atoms with E-state index in [0.29, 0.717) is 12.5 Å². The lowest BCUT2D eigenvalue weighted by molar-refractivity contribution is -0.122. The van der Waals surface area contributed by atoms with Gasteiger partial charge in [-0.3, -0.25) is 9.59 Å². The van der Waals surface area contributed by atoms with Crippen molar-refractivity contribution in [3.63, 3.8) is 0 Å². The average molecular weight is 346 g/mol. The van der Waals surface area contributed by atoms with Gasteiger partial charge in [-0.2, -0.15) is 0 Å². The van der Waals surface area contributed by atoms with E-state index >= 15 is 0 Å². The number of hydrogen-bond acceptors (Lipinski definition) is 4. The zero-order valence-electron chi connectivity index (χ0n) is 13.5. The fraction of sp³-hybridized carbons (Fsp3) is 0.444. The van der Waals surface area contributed by atoms with Crippen molar-refractivity contribution in [3.8, 4) is 0 Å². The summed E-state index contributed by atoms with van der Waals surface area (Å²) < 4.78 is 5.02. The predicted octanol–water partition coefficient (Wildman–Crippen LogP) is 3.51. The monoisotopic (exact) mass is 346 g/mol. The van der Waals surface area contributed by atoms with Crippen molar-refractivity contribution in [2.45, 2.75) is 38.1 Å². The van der Waals surface area contributed by atoms with Crippen molar-refractivity contribution in [1.82, 2.24) is 10.6 Å². The zero-order chi connectivity index (χ0) is 16.8. The highest BCUT2D eigenvalue weighted by atomic mass is 32.1. The predicted molar refractivity (Wildman–Crippen MR) is 92.8 cm³/mol. The van der Waals surface area contributed by atoms with Gasteiger partial charge < -0.3 is 15.1 Å². The molecule has 1 aliphatic carbocycles. The summed E-state index contributed by atoms with van der Waals surface area (Å²) in [4.78, 5) is 25.3. The van der Waals surface area contributed by atoms with E-state index in [1.165, 1.54) is 24.0 Å². The topological polar surface area (TPSA) is 71.3 Å². The van der Waals surface area contributed by atoms with Gasteiger partial charge in [0.15, 0.2) is 5.76 Å². The highest BCUT2D eigenvalue weighted by Gasteiger charge is 2.28. The highest BCUT2D eigenvalue weighted by molar-refractivity contribution is 7.10. The van der Waals surface area contributed by atoms with Crippen molar-refractivity contribution in [1.29, 1.82) is 0 Å². The van der Waals surface area contributed by atoms with Crippen LogP contribution in [0.2, 0.25) is 0 Å². The van der Waals surface area contributed by atoms with Gasteiger partial charge in [-0.15, -0.1) is 11.3 Å². The van der Waals surface area contributed by atoms with Crippen molar-refractivity contribution in [3.05, 3.63) is 46.5 Å².